The third-order valence-corrected chi connectivity index (χ3v) is 3.71. The number of hydrogen-bond acceptors (Lipinski definition) is 4. The topological polar surface area (TPSA) is 54.9 Å². The summed E-state index contributed by atoms with van der Waals surface area (Å²) in [5, 5.41) is 3.70. The number of pyridine rings is 1. The average molecular weight is 301 g/mol. The van der Waals surface area contributed by atoms with Gasteiger partial charge in [-0.2, -0.15) is 0 Å². The molecule has 5 heteroatoms. The van der Waals surface area contributed by atoms with Crippen molar-refractivity contribution >= 4 is 33.1 Å². The molecule has 2 heterocycles. The Bertz CT molecular complexity index is 725. The van der Waals surface area contributed by atoms with Gasteiger partial charge in [-0.25, -0.2) is 4.98 Å². The fourth-order valence-electron chi connectivity index (χ4n) is 1.84. The lowest BCUT2D eigenvalue weighted by molar-refractivity contribution is -0.114. The molecule has 1 amide bonds. The molecule has 0 aliphatic carbocycles. The van der Waals surface area contributed by atoms with Gasteiger partial charge in [0.2, 0.25) is 5.91 Å². The maximum absolute atomic E-state index is 11.1. The standard InChI is InChI=1S/C14H11N3OS.C2H6.H2/c1-9(18)16-11-4-2-3-10(7-11)14-17-12-8-15-6-5-13(12)19-14;1-2;/h2-8H,1H3,(H,16,18);1-2H3;1H. The average Bonchev–Trinajstić information content (AvgIpc) is 2.93. The Hall–Kier alpha value is -2.27. The molecular formula is C16H19N3OS. The van der Waals surface area contributed by atoms with Crippen LogP contribution in [-0.4, -0.2) is 15.9 Å². The van der Waals surface area contributed by atoms with Gasteiger partial charge in [0, 0.05) is 25.8 Å². The largest absolute Gasteiger partial charge is 0.326 e. The highest BCUT2D eigenvalue weighted by Crippen LogP contribution is 2.30. The van der Waals surface area contributed by atoms with Crippen LogP contribution >= 0.6 is 11.3 Å². The number of benzene rings is 1. The molecule has 1 aromatic carbocycles. The molecule has 0 radical (unpaired) electrons. The predicted molar refractivity (Wildman–Crippen MR) is 90.6 cm³/mol. The number of thiazole rings is 1. The number of carbonyl (C=O) groups is 1. The number of hydrogen-bond donors (Lipinski definition) is 1. The quantitative estimate of drug-likeness (QED) is 0.753. The Morgan fingerprint density at radius 1 is 1.29 bits per heavy atom. The summed E-state index contributed by atoms with van der Waals surface area (Å²) in [6, 6.07) is 9.63. The highest BCUT2D eigenvalue weighted by atomic mass is 32.1. The predicted octanol–water partition coefficient (Wildman–Crippen LogP) is 4.59. The number of amides is 1. The number of nitrogens with zero attached hydrogens (tertiary/aromatic N) is 2. The zero-order valence-corrected chi connectivity index (χ0v) is 13.1. The first-order valence-electron chi connectivity index (χ1n) is 6.81. The van der Waals surface area contributed by atoms with Crippen molar-refractivity contribution in [3.63, 3.8) is 0 Å². The zero-order chi connectivity index (χ0) is 15.2. The molecule has 0 spiro atoms. The van der Waals surface area contributed by atoms with Gasteiger partial charge in [-0.3, -0.25) is 9.78 Å². The SMILES string of the molecule is CC.CC(=O)Nc1cccc(-c2nc3cnccc3s2)c1.[HH]. The summed E-state index contributed by atoms with van der Waals surface area (Å²) in [6.45, 7) is 5.50. The summed E-state index contributed by atoms with van der Waals surface area (Å²) in [4.78, 5) is 19.7. The Morgan fingerprint density at radius 2 is 2.10 bits per heavy atom. The minimum Gasteiger partial charge on any atom is -0.326 e. The van der Waals surface area contributed by atoms with Crippen molar-refractivity contribution in [1.29, 1.82) is 0 Å². The molecule has 0 aliphatic rings. The molecular weight excluding hydrogens is 282 g/mol. The van der Waals surface area contributed by atoms with E-state index in [9.17, 15) is 4.79 Å². The molecule has 21 heavy (non-hydrogen) atoms. The van der Waals surface area contributed by atoms with Crippen LogP contribution < -0.4 is 5.32 Å². The first-order valence-corrected chi connectivity index (χ1v) is 7.62. The lowest BCUT2D eigenvalue weighted by Gasteiger charge is -2.03. The van der Waals surface area contributed by atoms with Gasteiger partial charge in [0.15, 0.2) is 0 Å². The second-order valence-corrected chi connectivity index (χ2v) is 5.16. The number of rotatable bonds is 2. The Balaban J connectivity index is 0.000000775. The van der Waals surface area contributed by atoms with Gasteiger partial charge in [-0.1, -0.05) is 26.0 Å². The van der Waals surface area contributed by atoms with Gasteiger partial charge >= 0.3 is 0 Å². The van der Waals surface area contributed by atoms with E-state index < -0.39 is 0 Å². The first-order chi connectivity index (χ1) is 10.2. The molecule has 2 aromatic heterocycles. The second kappa shape index (κ2) is 6.95. The fraction of sp³-hybridized carbons (Fsp3) is 0.188. The molecule has 1 N–H and O–H groups in total. The molecule has 0 aliphatic heterocycles. The Kier molecular flexibility index (Phi) is 5.00. The molecule has 0 atom stereocenters. The van der Waals surface area contributed by atoms with Crippen molar-refractivity contribution in [3.05, 3.63) is 42.7 Å². The molecule has 0 saturated heterocycles. The fourth-order valence-corrected chi connectivity index (χ4v) is 2.77. The maximum atomic E-state index is 11.1. The van der Waals surface area contributed by atoms with Gasteiger partial charge in [-0.05, 0) is 18.2 Å². The van der Waals surface area contributed by atoms with Crippen LogP contribution in [0.2, 0.25) is 0 Å². The Labute approximate surface area is 129 Å². The molecule has 4 nitrogen and oxygen atoms in total. The smallest absolute Gasteiger partial charge is 0.221 e. The van der Waals surface area contributed by atoms with Crippen molar-refractivity contribution in [2.75, 3.05) is 5.32 Å². The van der Waals surface area contributed by atoms with E-state index in [1.807, 2.05) is 44.2 Å². The summed E-state index contributed by atoms with van der Waals surface area (Å²) in [5.74, 6) is -0.0781. The van der Waals surface area contributed by atoms with Crippen molar-refractivity contribution in [1.82, 2.24) is 9.97 Å². The minimum absolute atomic E-state index is 0. The van der Waals surface area contributed by atoms with E-state index >= 15 is 0 Å². The summed E-state index contributed by atoms with van der Waals surface area (Å²) in [6.07, 6.45) is 3.52. The monoisotopic (exact) mass is 301 g/mol. The van der Waals surface area contributed by atoms with Crippen LogP contribution in [0.4, 0.5) is 5.69 Å². The van der Waals surface area contributed by atoms with Gasteiger partial charge in [0.05, 0.1) is 10.9 Å². The van der Waals surface area contributed by atoms with E-state index in [1.54, 1.807) is 23.7 Å². The molecule has 3 rings (SSSR count). The number of fused-ring (bicyclic) bond motifs is 1. The van der Waals surface area contributed by atoms with Crippen molar-refractivity contribution in [2.45, 2.75) is 20.8 Å². The van der Waals surface area contributed by atoms with E-state index in [4.69, 9.17) is 0 Å². The van der Waals surface area contributed by atoms with Gasteiger partial charge in [0.1, 0.15) is 10.5 Å². The highest BCUT2D eigenvalue weighted by molar-refractivity contribution is 7.21. The number of aromatic nitrogens is 2. The van der Waals surface area contributed by atoms with Crippen LogP contribution in [0.1, 0.15) is 22.2 Å². The lowest BCUT2D eigenvalue weighted by Crippen LogP contribution is -2.05. The third-order valence-electron chi connectivity index (χ3n) is 2.62. The molecule has 3 aromatic rings. The van der Waals surface area contributed by atoms with Crippen LogP contribution in [0.25, 0.3) is 20.8 Å². The molecule has 0 saturated carbocycles. The van der Waals surface area contributed by atoms with Gasteiger partial charge in [0.25, 0.3) is 0 Å². The number of anilines is 1. The molecule has 110 valence electrons. The van der Waals surface area contributed by atoms with Crippen molar-refractivity contribution in [3.8, 4) is 10.6 Å². The normalized spacial score (nSPS) is 9.86. The minimum atomic E-state index is -0.0781. The molecule has 0 fully saturated rings. The summed E-state index contributed by atoms with van der Waals surface area (Å²) >= 11 is 1.61. The zero-order valence-electron chi connectivity index (χ0n) is 12.3. The molecule has 0 bridgehead atoms. The third kappa shape index (κ3) is 3.64. The van der Waals surface area contributed by atoms with Crippen molar-refractivity contribution in [2.24, 2.45) is 0 Å². The van der Waals surface area contributed by atoms with E-state index in [2.05, 4.69) is 15.3 Å². The van der Waals surface area contributed by atoms with Crippen LogP contribution in [0, 0.1) is 0 Å². The maximum Gasteiger partial charge on any atom is 0.221 e. The highest BCUT2D eigenvalue weighted by Gasteiger charge is 2.07. The number of carbonyl (C=O) groups excluding carboxylic acids is 1. The van der Waals surface area contributed by atoms with Gasteiger partial charge < -0.3 is 5.32 Å². The second-order valence-electron chi connectivity index (χ2n) is 4.12. The first kappa shape index (κ1) is 15.1. The van der Waals surface area contributed by atoms with Crippen LogP contribution in [0.3, 0.4) is 0 Å². The lowest BCUT2D eigenvalue weighted by atomic mass is 10.2. The van der Waals surface area contributed by atoms with Crippen LogP contribution in [0.5, 0.6) is 0 Å². The van der Waals surface area contributed by atoms with Crippen molar-refractivity contribution < 1.29 is 6.22 Å². The molecule has 0 unspecified atom stereocenters. The number of nitrogens with one attached hydrogen (secondary N) is 1. The summed E-state index contributed by atoms with van der Waals surface area (Å²) in [7, 11) is 0. The van der Waals surface area contributed by atoms with E-state index in [0.29, 0.717) is 0 Å². The van der Waals surface area contributed by atoms with Crippen LogP contribution in [-0.2, 0) is 4.79 Å². The summed E-state index contributed by atoms with van der Waals surface area (Å²) in [5.41, 5.74) is 2.67. The van der Waals surface area contributed by atoms with Gasteiger partial charge in [-0.15, -0.1) is 11.3 Å². The Morgan fingerprint density at radius 3 is 2.81 bits per heavy atom. The van der Waals surface area contributed by atoms with Crippen LogP contribution in [0.15, 0.2) is 42.7 Å². The van der Waals surface area contributed by atoms with E-state index in [1.165, 1.54) is 6.92 Å². The summed E-state index contributed by atoms with van der Waals surface area (Å²) < 4.78 is 1.11. The van der Waals surface area contributed by atoms with E-state index in [-0.39, 0.29) is 7.33 Å². The van der Waals surface area contributed by atoms with E-state index in [0.717, 1.165) is 26.5 Å².